The van der Waals surface area contributed by atoms with Gasteiger partial charge in [0.25, 0.3) is 5.91 Å². The van der Waals surface area contributed by atoms with Crippen LogP contribution in [0, 0.1) is 0 Å². The smallest absolute Gasteiger partial charge is 0.416 e. The number of rotatable bonds is 2. The van der Waals surface area contributed by atoms with E-state index in [0.717, 1.165) is 31.5 Å². The molecule has 2 aliphatic rings. The topological polar surface area (TPSA) is 32.8 Å². The standard InChI is InChI=1S/C20H19F3N2O2/c1-27-16-7-4-13(5-8-16)19(26)25-12-15-3-2-10-24(15)17-9-6-14(11-18(17)25)20(21,22)23/h4-9,11,15H,2-3,10,12H2,1H3/t15-/m0/s1. The van der Waals surface area contributed by atoms with Crippen LogP contribution in [0.5, 0.6) is 5.75 Å². The summed E-state index contributed by atoms with van der Waals surface area (Å²) >= 11 is 0. The van der Waals surface area contributed by atoms with Crippen molar-refractivity contribution in [3.8, 4) is 5.75 Å². The fraction of sp³-hybridized carbons (Fsp3) is 0.350. The van der Waals surface area contributed by atoms with E-state index >= 15 is 0 Å². The predicted molar refractivity (Wildman–Crippen MR) is 96.5 cm³/mol. The Hall–Kier alpha value is -2.70. The Labute approximate surface area is 155 Å². The largest absolute Gasteiger partial charge is 0.497 e. The number of amides is 1. The Kier molecular flexibility index (Phi) is 4.25. The molecule has 0 unspecified atom stereocenters. The number of anilines is 2. The minimum Gasteiger partial charge on any atom is -0.497 e. The lowest BCUT2D eigenvalue weighted by molar-refractivity contribution is -0.137. The number of nitrogens with zero attached hydrogens (tertiary/aromatic N) is 2. The molecule has 2 aromatic rings. The summed E-state index contributed by atoms with van der Waals surface area (Å²) in [4.78, 5) is 16.7. The molecule has 0 aliphatic carbocycles. The summed E-state index contributed by atoms with van der Waals surface area (Å²) in [7, 11) is 1.53. The van der Waals surface area contributed by atoms with E-state index in [0.29, 0.717) is 29.2 Å². The highest BCUT2D eigenvalue weighted by molar-refractivity contribution is 6.08. The molecule has 7 heteroatoms. The molecule has 1 amide bonds. The van der Waals surface area contributed by atoms with E-state index in [9.17, 15) is 18.0 Å². The lowest BCUT2D eigenvalue weighted by Gasteiger charge is -2.40. The molecule has 2 heterocycles. The molecule has 0 bridgehead atoms. The van der Waals surface area contributed by atoms with E-state index in [1.165, 1.54) is 18.1 Å². The van der Waals surface area contributed by atoms with Crippen LogP contribution >= 0.6 is 0 Å². The van der Waals surface area contributed by atoms with E-state index in [2.05, 4.69) is 4.90 Å². The minimum atomic E-state index is -4.45. The molecule has 2 aliphatic heterocycles. The third-order valence-electron chi connectivity index (χ3n) is 5.26. The molecule has 4 nitrogen and oxygen atoms in total. The summed E-state index contributed by atoms with van der Waals surface area (Å²) in [6, 6.07) is 10.4. The normalized spacial score (nSPS) is 18.9. The molecule has 0 saturated carbocycles. The Balaban J connectivity index is 1.76. The van der Waals surface area contributed by atoms with Crippen molar-refractivity contribution in [1.29, 1.82) is 0 Å². The second-order valence-corrected chi connectivity index (χ2v) is 6.83. The summed E-state index contributed by atoms with van der Waals surface area (Å²) in [6.07, 6.45) is -2.56. The molecule has 1 saturated heterocycles. The van der Waals surface area contributed by atoms with Crippen LogP contribution in [0.3, 0.4) is 0 Å². The maximum Gasteiger partial charge on any atom is 0.416 e. The van der Waals surface area contributed by atoms with E-state index in [-0.39, 0.29) is 11.9 Å². The average Bonchev–Trinajstić information content (AvgIpc) is 3.14. The van der Waals surface area contributed by atoms with Crippen molar-refractivity contribution in [3.05, 3.63) is 53.6 Å². The molecule has 2 aromatic carbocycles. The minimum absolute atomic E-state index is 0.136. The highest BCUT2D eigenvalue weighted by Crippen LogP contribution is 2.43. The van der Waals surface area contributed by atoms with Gasteiger partial charge in [-0.1, -0.05) is 0 Å². The first-order valence-electron chi connectivity index (χ1n) is 8.82. The second-order valence-electron chi connectivity index (χ2n) is 6.83. The molecule has 142 valence electrons. The third kappa shape index (κ3) is 3.11. The Morgan fingerprint density at radius 1 is 1.11 bits per heavy atom. The summed E-state index contributed by atoms with van der Waals surface area (Å²) in [6.45, 7) is 1.19. The quantitative estimate of drug-likeness (QED) is 0.782. The molecule has 0 aromatic heterocycles. The van der Waals surface area contributed by atoms with Crippen LogP contribution in [-0.2, 0) is 6.18 Å². The summed E-state index contributed by atoms with van der Waals surface area (Å²) < 4.78 is 44.8. The van der Waals surface area contributed by atoms with Gasteiger partial charge in [-0.05, 0) is 55.3 Å². The molecule has 0 N–H and O–H groups in total. The van der Waals surface area contributed by atoms with Crippen LogP contribution in [-0.4, -0.2) is 32.1 Å². The van der Waals surface area contributed by atoms with Gasteiger partial charge in [0.15, 0.2) is 0 Å². The van der Waals surface area contributed by atoms with Gasteiger partial charge in [0.1, 0.15) is 5.75 Å². The van der Waals surface area contributed by atoms with Crippen molar-refractivity contribution in [2.75, 3.05) is 30.0 Å². The highest BCUT2D eigenvalue weighted by Gasteiger charge is 2.39. The average molecular weight is 376 g/mol. The first-order chi connectivity index (χ1) is 12.9. The van der Waals surface area contributed by atoms with Crippen molar-refractivity contribution >= 4 is 17.3 Å². The number of methoxy groups -OCH3 is 1. The first kappa shape index (κ1) is 17.7. The van der Waals surface area contributed by atoms with Gasteiger partial charge in [0.05, 0.1) is 24.0 Å². The number of fused-ring (bicyclic) bond motifs is 3. The van der Waals surface area contributed by atoms with Crippen molar-refractivity contribution in [3.63, 3.8) is 0 Å². The number of benzene rings is 2. The SMILES string of the molecule is COc1ccc(C(=O)N2C[C@@H]3CCCN3c3ccc(C(F)(F)F)cc32)cc1. The lowest BCUT2D eigenvalue weighted by Crippen LogP contribution is -2.48. The van der Waals surface area contributed by atoms with Gasteiger partial charge < -0.3 is 14.5 Å². The Morgan fingerprint density at radius 3 is 2.52 bits per heavy atom. The Bertz CT molecular complexity index is 865. The van der Waals surface area contributed by atoms with Crippen LogP contribution in [0.2, 0.25) is 0 Å². The van der Waals surface area contributed by atoms with Crippen LogP contribution in [0.25, 0.3) is 0 Å². The number of hydrogen-bond acceptors (Lipinski definition) is 3. The zero-order chi connectivity index (χ0) is 19.2. The molecule has 0 radical (unpaired) electrons. The van der Waals surface area contributed by atoms with Crippen molar-refractivity contribution < 1.29 is 22.7 Å². The number of ether oxygens (including phenoxy) is 1. The third-order valence-corrected chi connectivity index (χ3v) is 5.26. The number of carbonyl (C=O) groups excluding carboxylic acids is 1. The molecular formula is C20H19F3N2O2. The number of alkyl halides is 3. The van der Waals surface area contributed by atoms with E-state index < -0.39 is 11.7 Å². The van der Waals surface area contributed by atoms with Gasteiger partial charge in [-0.15, -0.1) is 0 Å². The summed E-state index contributed by atoms with van der Waals surface area (Å²) in [5, 5.41) is 0. The maximum absolute atomic E-state index is 13.2. The van der Waals surface area contributed by atoms with Crippen molar-refractivity contribution in [1.82, 2.24) is 0 Å². The Morgan fingerprint density at radius 2 is 1.85 bits per heavy atom. The maximum atomic E-state index is 13.2. The number of hydrogen-bond donors (Lipinski definition) is 0. The molecule has 27 heavy (non-hydrogen) atoms. The van der Waals surface area contributed by atoms with E-state index in [4.69, 9.17) is 4.74 Å². The predicted octanol–water partition coefficient (Wildman–Crippen LogP) is 4.34. The van der Waals surface area contributed by atoms with Crippen LogP contribution in [0.15, 0.2) is 42.5 Å². The molecular weight excluding hydrogens is 357 g/mol. The van der Waals surface area contributed by atoms with Gasteiger partial charge >= 0.3 is 6.18 Å². The molecule has 1 fully saturated rings. The molecule has 0 spiro atoms. The van der Waals surface area contributed by atoms with Crippen LogP contribution in [0.4, 0.5) is 24.5 Å². The fourth-order valence-electron chi connectivity index (χ4n) is 3.89. The van der Waals surface area contributed by atoms with Gasteiger partial charge in [-0.2, -0.15) is 13.2 Å². The van der Waals surface area contributed by atoms with Gasteiger partial charge in [0, 0.05) is 24.7 Å². The van der Waals surface area contributed by atoms with Crippen LogP contribution < -0.4 is 14.5 Å². The zero-order valence-corrected chi connectivity index (χ0v) is 14.8. The number of carbonyl (C=O) groups is 1. The second kappa shape index (κ2) is 6.48. The zero-order valence-electron chi connectivity index (χ0n) is 14.8. The first-order valence-corrected chi connectivity index (χ1v) is 8.82. The van der Waals surface area contributed by atoms with Crippen LogP contribution in [0.1, 0.15) is 28.8 Å². The number of halogens is 3. The molecule has 1 atom stereocenters. The fourth-order valence-corrected chi connectivity index (χ4v) is 3.89. The highest BCUT2D eigenvalue weighted by atomic mass is 19.4. The van der Waals surface area contributed by atoms with Crippen molar-refractivity contribution in [2.45, 2.75) is 25.1 Å². The van der Waals surface area contributed by atoms with Gasteiger partial charge in [-0.3, -0.25) is 4.79 Å². The van der Waals surface area contributed by atoms with E-state index in [1.807, 2.05) is 0 Å². The monoisotopic (exact) mass is 376 g/mol. The van der Waals surface area contributed by atoms with Gasteiger partial charge in [0.2, 0.25) is 0 Å². The van der Waals surface area contributed by atoms with Gasteiger partial charge in [-0.25, -0.2) is 0 Å². The molecule has 4 rings (SSSR count). The lowest BCUT2D eigenvalue weighted by atomic mass is 10.0. The van der Waals surface area contributed by atoms with E-state index in [1.54, 1.807) is 24.3 Å². The van der Waals surface area contributed by atoms with Crippen molar-refractivity contribution in [2.24, 2.45) is 0 Å². The summed E-state index contributed by atoms with van der Waals surface area (Å²) in [5.74, 6) is 0.316. The summed E-state index contributed by atoms with van der Waals surface area (Å²) in [5.41, 5.74) is 0.694.